The van der Waals surface area contributed by atoms with Crippen molar-refractivity contribution >= 4 is 23.5 Å². The van der Waals surface area contributed by atoms with Crippen LogP contribution >= 0.6 is 11.8 Å². The lowest BCUT2D eigenvalue weighted by Crippen LogP contribution is -2.40. The summed E-state index contributed by atoms with van der Waals surface area (Å²) >= 11 is 1.41. The second-order valence-electron chi connectivity index (χ2n) is 6.51. The summed E-state index contributed by atoms with van der Waals surface area (Å²) in [5.74, 6) is -0.314. The highest BCUT2D eigenvalue weighted by Crippen LogP contribution is 2.40. The molecule has 1 aliphatic rings. The Bertz CT molecular complexity index is 529. The SMILES string of the molecule is CC(=O)OC1(Sc2ccccc2)CCCCCCCCCCC1=O. The summed E-state index contributed by atoms with van der Waals surface area (Å²) in [5.41, 5.74) is 0. The van der Waals surface area contributed by atoms with E-state index in [1.165, 1.54) is 44.4 Å². The predicted molar refractivity (Wildman–Crippen MR) is 98.0 cm³/mol. The summed E-state index contributed by atoms with van der Waals surface area (Å²) in [6.45, 7) is 1.40. The normalized spacial score (nSPS) is 23.8. The molecule has 1 atom stereocenters. The first-order valence-electron chi connectivity index (χ1n) is 9.09. The molecule has 0 heterocycles. The molecule has 3 nitrogen and oxygen atoms in total. The first kappa shape index (κ1) is 19.0. The van der Waals surface area contributed by atoms with Gasteiger partial charge in [-0.2, -0.15) is 0 Å². The molecule has 1 saturated carbocycles. The molecule has 1 aliphatic carbocycles. The number of ketones is 1. The van der Waals surface area contributed by atoms with Gasteiger partial charge in [0, 0.05) is 24.7 Å². The van der Waals surface area contributed by atoms with Crippen LogP contribution in [-0.4, -0.2) is 16.7 Å². The molecule has 0 spiro atoms. The standard InChI is InChI=1S/C20H28O3S/c1-17(21)23-20(24-18-13-9-8-10-14-18)16-12-7-5-3-2-4-6-11-15-19(20)22/h8-10,13-14H,2-7,11-12,15-16H2,1H3. The number of carbonyl (C=O) groups is 2. The van der Waals surface area contributed by atoms with Crippen LogP contribution in [0.15, 0.2) is 35.2 Å². The van der Waals surface area contributed by atoms with E-state index in [9.17, 15) is 9.59 Å². The summed E-state index contributed by atoms with van der Waals surface area (Å²) in [4.78, 5) is 24.6. The van der Waals surface area contributed by atoms with Crippen LogP contribution in [0.2, 0.25) is 0 Å². The summed E-state index contributed by atoms with van der Waals surface area (Å²) in [7, 11) is 0. The summed E-state index contributed by atoms with van der Waals surface area (Å²) in [6, 6.07) is 9.79. The number of hydrogen-bond donors (Lipinski definition) is 0. The molecule has 1 fully saturated rings. The van der Waals surface area contributed by atoms with Gasteiger partial charge in [-0.25, -0.2) is 0 Å². The molecule has 1 aromatic carbocycles. The van der Waals surface area contributed by atoms with E-state index in [1.54, 1.807) is 0 Å². The zero-order valence-electron chi connectivity index (χ0n) is 14.6. The molecule has 0 N–H and O–H groups in total. The molecule has 4 heteroatoms. The van der Waals surface area contributed by atoms with Gasteiger partial charge < -0.3 is 4.74 Å². The van der Waals surface area contributed by atoms with Crippen LogP contribution in [-0.2, 0) is 14.3 Å². The van der Waals surface area contributed by atoms with Gasteiger partial charge in [-0.3, -0.25) is 9.59 Å². The van der Waals surface area contributed by atoms with Crippen molar-refractivity contribution in [1.82, 2.24) is 0 Å². The van der Waals surface area contributed by atoms with Crippen LogP contribution in [0, 0.1) is 0 Å². The minimum Gasteiger partial charge on any atom is -0.440 e. The smallest absolute Gasteiger partial charge is 0.304 e. The number of thioether (sulfide) groups is 1. The minimum atomic E-state index is -1.06. The van der Waals surface area contributed by atoms with Crippen molar-refractivity contribution < 1.29 is 14.3 Å². The van der Waals surface area contributed by atoms with Gasteiger partial charge in [0.1, 0.15) is 0 Å². The van der Waals surface area contributed by atoms with Gasteiger partial charge in [-0.1, -0.05) is 68.5 Å². The fourth-order valence-corrected chi connectivity index (χ4v) is 4.48. The Hall–Kier alpha value is -1.29. The summed E-state index contributed by atoms with van der Waals surface area (Å²) < 4.78 is 5.67. The monoisotopic (exact) mass is 348 g/mol. The average molecular weight is 349 g/mol. The fraction of sp³-hybridized carbons (Fsp3) is 0.600. The second kappa shape index (κ2) is 9.87. The average Bonchev–Trinajstić information content (AvgIpc) is 2.55. The van der Waals surface area contributed by atoms with Crippen molar-refractivity contribution in [3.8, 4) is 0 Å². The lowest BCUT2D eigenvalue weighted by molar-refractivity contribution is -0.156. The van der Waals surface area contributed by atoms with Crippen molar-refractivity contribution in [2.45, 2.75) is 81.0 Å². The van der Waals surface area contributed by atoms with E-state index in [4.69, 9.17) is 4.74 Å². The van der Waals surface area contributed by atoms with Gasteiger partial charge in [0.2, 0.25) is 4.93 Å². The molecule has 0 amide bonds. The summed E-state index contributed by atoms with van der Waals surface area (Å²) in [6.07, 6.45) is 9.99. The van der Waals surface area contributed by atoms with E-state index < -0.39 is 4.93 Å². The quantitative estimate of drug-likeness (QED) is 0.533. The molecule has 1 unspecified atom stereocenters. The van der Waals surface area contributed by atoms with Gasteiger partial charge in [0.25, 0.3) is 0 Å². The van der Waals surface area contributed by atoms with Gasteiger partial charge in [0.15, 0.2) is 5.78 Å². The molecule has 1 aromatic rings. The van der Waals surface area contributed by atoms with Gasteiger partial charge in [-0.05, 0) is 25.0 Å². The van der Waals surface area contributed by atoms with Crippen molar-refractivity contribution in [2.24, 2.45) is 0 Å². The van der Waals surface area contributed by atoms with Crippen LogP contribution in [0.5, 0.6) is 0 Å². The minimum absolute atomic E-state index is 0.0622. The Morgan fingerprint density at radius 1 is 0.958 bits per heavy atom. The number of Topliss-reactive ketones (excluding diaryl/α,β-unsaturated/α-hetero) is 1. The lowest BCUT2D eigenvalue weighted by atomic mass is 9.98. The van der Waals surface area contributed by atoms with E-state index in [2.05, 4.69) is 0 Å². The molecular formula is C20H28O3S. The largest absolute Gasteiger partial charge is 0.440 e. The van der Waals surface area contributed by atoms with Crippen molar-refractivity contribution in [3.63, 3.8) is 0 Å². The highest BCUT2D eigenvalue weighted by molar-refractivity contribution is 8.01. The molecule has 0 aromatic heterocycles. The highest BCUT2D eigenvalue weighted by atomic mass is 32.2. The lowest BCUT2D eigenvalue weighted by Gasteiger charge is -2.31. The third kappa shape index (κ3) is 5.97. The van der Waals surface area contributed by atoms with E-state index in [0.29, 0.717) is 12.8 Å². The Balaban J connectivity index is 2.22. The molecule has 132 valence electrons. The topological polar surface area (TPSA) is 43.4 Å². The zero-order chi connectivity index (χ0) is 17.3. The van der Waals surface area contributed by atoms with Gasteiger partial charge in [-0.15, -0.1) is 0 Å². The third-order valence-corrected chi connectivity index (χ3v) is 5.77. The molecule has 0 radical (unpaired) electrons. The molecule has 0 aliphatic heterocycles. The Morgan fingerprint density at radius 2 is 1.54 bits per heavy atom. The van der Waals surface area contributed by atoms with Crippen molar-refractivity contribution in [2.75, 3.05) is 0 Å². The zero-order valence-corrected chi connectivity index (χ0v) is 15.4. The fourth-order valence-electron chi connectivity index (χ4n) is 3.18. The van der Waals surface area contributed by atoms with Gasteiger partial charge >= 0.3 is 5.97 Å². The number of esters is 1. The highest BCUT2D eigenvalue weighted by Gasteiger charge is 2.41. The van der Waals surface area contributed by atoms with Crippen LogP contribution in [0.3, 0.4) is 0 Å². The van der Waals surface area contributed by atoms with E-state index in [-0.39, 0.29) is 11.8 Å². The molecular weight excluding hydrogens is 320 g/mol. The molecule has 24 heavy (non-hydrogen) atoms. The van der Waals surface area contributed by atoms with Gasteiger partial charge in [0.05, 0.1) is 0 Å². The van der Waals surface area contributed by atoms with E-state index >= 15 is 0 Å². The first-order valence-corrected chi connectivity index (χ1v) is 9.91. The number of carbonyl (C=O) groups excluding carboxylic acids is 2. The van der Waals surface area contributed by atoms with Crippen LogP contribution in [0.1, 0.15) is 71.1 Å². The maximum absolute atomic E-state index is 13.0. The van der Waals surface area contributed by atoms with Crippen molar-refractivity contribution in [3.05, 3.63) is 30.3 Å². The van der Waals surface area contributed by atoms with E-state index in [1.807, 2.05) is 30.3 Å². The van der Waals surface area contributed by atoms with Crippen LogP contribution in [0.25, 0.3) is 0 Å². The second-order valence-corrected chi connectivity index (χ2v) is 7.85. The maximum atomic E-state index is 13.0. The Labute approximate surface area is 149 Å². The van der Waals surface area contributed by atoms with E-state index in [0.717, 1.165) is 30.6 Å². The molecule has 0 saturated heterocycles. The predicted octanol–water partition coefficient (Wildman–Crippen LogP) is 5.52. The van der Waals surface area contributed by atoms with Crippen molar-refractivity contribution in [1.29, 1.82) is 0 Å². The maximum Gasteiger partial charge on any atom is 0.304 e. The van der Waals surface area contributed by atoms with Crippen LogP contribution in [0.4, 0.5) is 0 Å². The molecule has 0 bridgehead atoms. The number of ether oxygens (including phenoxy) is 1. The number of hydrogen-bond acceptors (Lipinski definition) is 4. The first-order chi connectivity index (χ1) is 11.6. The number of benzene rings is 1. The number of rotatable bonds is 3. The van der Waals surface area contributed by atoms with Crippen LogP contribution < -0.4 is 0 Å². The third-order valence-electron chi connectivity index (χ3n) is 4.42. The molecule has 2 rings (SSSR count). The summed E-state index contributed by atoms with van der Waals surface area (Å²) in [5, 5.41) is 0. The Kier molecular flexibility index (Phi) is 7.83. The Morgan fingerprint density at radius 3 is 2.17 bits per heavy atom.